The van der Waals surface area contributed by atoms with Gasteiger partial charge in [0.2, 0.25) is 5.91 Å². The van der Waals surface area contributed by atoms with Gasteiger partial charge in [-0.1, -0.05) is 0 Å². The van der Waals surface area contributed by atoms with Crippen LogP contribution in [0.4, 0.5) is 28.4 Å². The molecule has 1 amide bonds. The van der Waals surface area contributed by atoms with Gasteiger partial charge in [-0.15, -0.1) is 11.8 Å². The first kappa shape index (κ1) is 26.9. The van der Waals surface area contributed by atoms with E-state index >= 15 is 0 Å². The molecular weight excluding hydrogens is 488 g/mol. The van der Waals surface area contributed by atoms with E-state index in [-0.39, 0.29) is 4.90 Å². The predicted molar refractivity (Wildman–Crippen MR) is 126 cm³/mol. The third-order valence-electron chi connectivity index (χ3n) is 4.31. The zero-order chi connectivity index (χ0) is 26.5. The SMILES string of the molecule is CC(C)(C)NC(=O)[C@@H](CSc1c([N+](=O)[O-])cccc1[N+](=O)[O-])Nc1c([N+](=O)[O-])cccc1[N+](=O)[O-]. The standard InChI is InChI=1S/C19H20N6O9S/c1-19(2,3)21-18(26)11(20-16-12(22(27)28)6-4-7-13(16)23(29)30)10-35-17-14(24(31)32)8-5-9-15(17)25(33)34/h4-9,11,20H,10H2,1-3H3,(H,21,26)/t11-/m1/s1. The highest BCUT2D eigenvalue weighted by Gasteiger charge is 2.33. The largest absolute Gasteiger partial charge is 0.362 e. The van der Waals surface area contributed by atoms with Gasteiger partial charge < -0.3 is 10.6 Å². The number of benzene rings is 2. The first-order valence-electron chi connectivity index (χ1n) is 9.78. The number of carbonyl (C=O) groups is 1. The van der Waals surface area contributed by atoms with E-state index in [0.29, 0.717) is 11.8 Å². The molecule has 0 saturated heterocycles. The fourth-order valence-electron chi connectivity index (χ4n) is 2.91. The molecule has 0 heterocycles. The van der Waals surface area contributed by atoms with Crippen LogP contribution in [0, 0.1) is 40.5 Å². The molecule has 1 atom stereocenters. The molecule has 35 heavy (non-hydrogen) atoms. The Morgan fingerprint density at radius 2 is 1.23 bits per heavy atom. The maximum Gasteiger partial charge on any atom is 0.299 e. The lowest BCUT2D eigenvalue weighted by Crippen LogP contribution is -2.49. The second kappa shape index (κ2) is 10.7. The lowest BCUT2D eigenvalue weighted by molar-refractivity contribution is -0.399. The number of hydrogen-bond donors (Lipinski definition) is 2. The van der Waals surface area contributed by atoms with E-state index in [2.05, 4.69) is 10.6 Å². The number of nitrogens with one attached hydrogen (secondary N) is 2. The van der Waals surface area contributed by atoms with Crippen molar-refractivity contribution in [3.8, 4) is 0 Å². The summed E-state index contributed by atoms with van der Waals surface area (Å²) < 4.78 is 0. The molecule has 0 spiro atoms. The molecule has 0 radical (unpaired) electrons. The van der Waals surface area contributed by atoms with Crippen LogP contribution >= 0.6 is 11.8 Å². The van der Waals surface area contributed by atoms with E-state index in [1.54, 1.807) is 20.8 Å². The van der Waals surface area contributed by atoms with Crippen LogP contribution in [0.25, 0.3) is 0 Å². The smallest absolute Gasteiger partial charge is 0.299 e. The Morgan fingerprint density at radius 3 is 1.60 bits per heavy atom. The molecule has 0 aliphatic rings. The number of para-hydroxylation sites is 1. The van der Waals surface area contributed by atoms with E-state index in [4.69, 9.17) is 0 Å². The minimum absolute atomic E-state index is 0.338. The van der Waals surface area contributed by atoms with Gasteiger partial charge in [-0.05, 0) is 32.9 Å². The maximum atomic E-state index is 13.0. The molecule has 15 nitrogen and oxygen atoms in total. The van der Waals surface area contributed by atoms with Gasteiger partial charge in [-0.25, -0.2) is 0 Å². The molecule has 16 heteroatoms. The number of rotatable bonds is 10. The average molecular weight is 508 g/mol. The molecule has 2 rings (SSSR count). The molecule has 186 valence electrons. The Labute approximate surface area is 201 Å². The summed E-state index contributed by atoms with van der Waals surface area (Å²) in [6.07, 6.45) is 0. The summed E-state index contributed by atoms with van der Waals surface area (Å²) in [5, 5.41) is 50.9. The fourth-order valence-corrected chi connectivity index (χ4v) is 4.06. The normalized spacial score (nSPS) is 11.9. The highest BCUT2D eigenvalue weighted by molar-refractivity contribution is 7.99. The van der Waals surface area contributed by atoms with E-state index in [1.165, 1.54) is 0 Å². The first-order valence-corrected chi connectivity index (χ1v) is 10.8. The van der Waals surface area contributed by atoms with Crippen molar-refractivity contribution in [2.45, 2.75) is 37.2 Å². The van der Waals surface area contributed by atoms with Crippen molar-refractivity contribution >= 4 is 46.1 Å². The zero-order valence-electron chi connectivity index (χ0n) is 18.6. The maximum absolute atomic E-state index is 13.0. The van der Waals surface area contributed by atoms with Crippen LogP contribution in [0.1, 0.15) is 20.8 Å². The van der Waals surface area contributed by atoms with Gasteiger partial charge in [-0.2, -0.15) is 0 Å². The Balaban J connectivity index is 2.55. The predicted octanol–water partition coefficient (Wildman–Crippen LogP) is 3.81. The van der Waals surface area contributed by atoms with Crippen molar-refractivity contribution in [2.75, 3.05) is 11.1 Å². The lowest BCUT2D eigenvalue weighted by Gasteiger charge is -2.25. The van der Waals surface area contributed by atoms with Crippen molar-refractivity contribution in [1.82, 2.24) is 5.32 Å². The summed E-state index contributed by atoms with van der Waals surface area (Å²) in [7, 11) is 0. The van der Waals surface area contributed by atoms with Crippen LogP contribution < -0.4 is 10.6 Å². The third-order valence-corrected chi connectivity index (χ3v) is 5.52. The van der Waals surface area contributed by atoms with Crippen LogP contribution in [0.5, 0.6) is 0 Å². The van der Waals surface area contributed by atoms with Gasteiger partial charge in [0.25, 0.3) is 22.7 Å². The van der Waals surface area contributed by atoms with Gasteiger partial charge in [0.05, 0.1) is 19.7 Å². The number of nitrogens with zero attached hydrogens (tertiary/aromatic N) is 4. The topological polar surface area (TPSA) is 214 Å². The van der Waals surface area contributed by atoms with E-state index < -0.39 is 71.4 Å². The molecule has 2 aromatic carbocycles. The average Bonchev–Trinajstić information content (AvgIpc) is 2.74. The Hall–Kier alpha value is -4.34. The molecule has 2 aromatic rings. The third kappa shape index (κ3) is 6.83. The minimum atomic E-state index is -1.40. The zero-order valence-corrected chi connectivity index (χ0v) is 19.4. The second-order valence-electron chi connectivity index (χ2n) is 8.07. The van der Waals surface area contributed by atoms with E-state index in [0.717, 1.165) is 36.4 Å². The number of thioether (sulfide) groups is 1. The van der Waals surface area contributed by atoms with E-state index in [9.17, 15) is 45.3 Å². The molecule has 0 unspecified atom stereocenters. The van der Waals surface area contributed by atoms with Gasteiger partial charge >= 0.3 is 0 Å². The summed E-state index contributed by atoms with van der Waals surface area (Å²) >= 11 is 0.594. The summed E-state index contributed by atoms with van der Waals surface area (Å²) in [5.41, 5.74) is -3.81. The van der Waals surface area contributed by atoms with Crippen LogP contribution in [0.2, 0.25) is 0 Å². The van der Waals surface area contributed by atoms with Crippen molar-refractivity contribution in [2.24, 2.45) is 0 Å². The molecule has 2 N–H and O–H groups in total. The highest BCUT2D eigenvalue weighted by Crippen LogP contribution is 2.39. The quantitative estimate of drug-likeness (QED) is 0.267. The number of nitro groups is 4. The number of anilines is 1. The molecule has 0 aromatic heterocycles. The number of carbonyl (C=O) groups excluding carboxylic acids is 1. The summed E-state index contributed by atoms with van der Waals surface area (Å²) in [4.78, 5) is 55.1. The number of hydrogen-bond acceptors (Lipinski definition) is 11. The Kier molecular flexibility index (Phi) is 8.25. The van der Waals surface area contributed by atoms with Crippen molar-refractivity contribution in [3.63, 3.8) is 0 Å². The number of amides is 1. The molecule has 0 fully saturated rings. The summed E-state index contributed by atoms with van der Waals surface area (Å²) in [6, 6.07) is 4.97. The van der Waals surface area contributed by atoms with Gasteiger partial charge in [0.15, 0.2) is 10.6 Å². The van der Waals surface area contributed by atoms with Crippen molar-refractivity contribution < 1.29 is 24.5 Å². The van der Waals surface area contributed by atoms with Gasteiger partial charge in [0.1, 0.15) is 6.04 Å². The molecule has 0 saturated carbocycles. The van der Waals surface area contributed by atoms with E-state index in [1.807, 2.05) is 0 Å². The molecule has 0 aliphatic heterocycles. The number of nitro benzene ring substituents is 4. The molecule has 0 bridgehead atoms. The first-order chi connectivity index (χ1) is 16.2. The van der Waals surface area contributed by atoms with Crippen LogP contribution in [-0.2, 0) is 4.79 Å². The lowest BCUT2D eigenvalue weighted by atomic mass is 10.1. The molecule has 0 aliphatic carbocycles. The monoisotopic (exact) mass is 508 g/mol. The van der Waals surface area contributed by atoms with Gasteiger partial charge in [-0.3, -0.25) is 45.3 Å². The summed E-state index contributed by atoms with van der Waals surface area (Å²) in [6.45, 7) is 4.94. The molecular formula is C19H20N6O9S. The van der Waals surface area contributed by atoms with Crippen LogP contribution in [0.15, 0.2) is 41.3 Å². The van der Waals surface area contributed by atoms with Crippen molar-refractivity contribution in [3.05, 3.63) is 76.9 Å². The van der Waals surface area contributed by atoms with Crippen LogP contribution in [0.3, 0.4) is 0 Å². The Morgan fingerprint density at radius 1 is 0.829 bits per heavy atom. The minimum Gasteiger partial charge on any atom is -0.362 e. The van der Waals surface area contributed by atoms with Crippen LogP contribution in [-0.4, -0.2) is 42.9 Å². The second-order valence-corrected chi connectivity index (χ2v) is 9.10. The fraction of sp³-hybridized carbons (Fsp3) is 0.316. The summed E-state index contributed by atoms with van der Waals surface area (Å²) in [5.74, 6) is -1.13. The van der Waals surface area contributed by atoms with Gasteiger partial charge in [0, 0.05) is 35.6 Å². The highest BCUT2D eigenvalue weighted by atomic mass is 32.2. The van der Waals surface area contributed by atoms with Crippen molar-refractivity contribution in [1.29, 1.82) is 0 Å². The Bertz CT molecular complexity index is 1130.